The van der Waals surface area contributed by atoms with Crippen molar-refractivity contribution in [3.63, 3.8) is 0 Å². The molecule has 1 aliphatic rings. The molecule has 0 N–H and O–H groups in total. The summed E-state index contributed by atoms with van der Waals surface area (Å²) in [6, 6.07) is 14.8. The van der Waals surface area contributed by atoms with Crippen LogP contribution in [0.5, 0.6) is 0 Å². The van der Waals surface area contributed by atoms with Crippen LogP contribution in [0.25, 0.3) is 10.9 Å². The van der Waals surface area contributed by atoms with E-state index in [4.69, 9.17) is 4.98 Å². The molecular formula is C18H19N3. The molecule has 0 amide bonds. The van der Waals surface area contributed by atoms with Crippen molar-refractivity contribution < 1.29 is 0 Å². The standard InChI is InChI=1S/C18H19N3/c1-13-16-9-2-3-11-18(16)21(20-13)12-15-8-5-10-17(19-15)14-6-4-7-14/h2-3,5,8-11,14H,4,6-7,12H2,1H3. The molecule has 3 aromatic rings. The van der Waals surface area contributed by atoms with Crippen LogP contribution in [-0.4, -0.2) is 14.8 Å². The van der Waals surface area contributed by atoms with Gasteiger partial charge in [0.25, 0.3) is 0 Å². The lowest BCUT2D eigenvalue weighted by molar-refractivity contribution is 0.410. The van der Waals surface area contributed by atoms with Gasteiger partial charge in [-0.25, -0.2) is 0 Å². The average Bonchev–Trinajstić information content (AvgIpc) is 2.75. The van der Waals surface area contributed by atoms with Crippen molar-refractivity contribution in [1.82, 2.24) is 14.8 Å². The molecule has 1 saturated carbocycles. The molecule has 1 fully saturated rings. The summed E-state index contributed by atoms with van der Waals surface area (Å²) in [5.41, 5.74) is 4.63. The zero-order valence-corrected chi connectivity index (χ0v) is 12.3. The van der Waals surface area contributed by atoms with Crippen LogP contribution in [0.1, 0.15) is 42.3 Å². The van der Waals surface area contributed by atoms with E-state index in [-0.39, 0.29) is 0 Å². The van der Waals surface area contributed by atoms with E-state index in [0.29, 0.717) is 5.92 Å². The Bertz CT molecular complexity index is 784. The summed E-state index contributed by atoms with van der Waals surface area (Å²) in [6.45, 7) is 2.81. The Balaban J connectivity index is 1.68. The zero-order chi connectivity index (χ0) is 14.2. The van der Waals surface area contributed by atoms with E-state index in [1.54, 1.807) is 0 Å². The van der Waals surface area contributed by atoms with Gasteiger partial charge < -0.3 is 0 Å². The quantitative estimate of drug-likeness (QED) is 0.723. The molecule has 0 atom stereocenters. The van der Waals surface area contributed by atoms with Gasteiger partial charge in [0.2, 0.25) is 0 Å². The highest BCUT2D eigenvalue weighted by Gasteiger charge is 2.20. The van der Waals surface area contributed by atoms with Crippen LogP contribution < -0.4 is 0 Å². The van der Waals surface area contributed by atoms with Crippen molar-refractivity contribution in [3.05, 3.63) is 59.5 Å². The molecule has 0 radical (unpaired) electrons. The maximum absolute atomic E-state index is 4.85. The number of aryl methyl sites for hydroxylation is 1. The van der Waals surface area contributed by atoms with Gasteiger partial charge in [0.1, 0.15) is 0 Å². The third-order valence-electron chi connectivity index (χ3n) is 4.51. The molecule has 1 aliphatic carbocycles. The van der Waals surface area contributed by atoms with Crippen LogP contribution in [0, 0.1) is 6.92 Å². The first-order valence-electron chi connectivity index (χ1n) is 7.69. The van der Waals surface area contributed by atoms with Crippen molar-refractivity contribution in [2.24, 2.45) is 0 Å². The molecule has 2 aromatic heterocycles. The predicted molar refractivity (Wildman–Crippen MR) is 84.4 cm³/mol. The van der Waals surface area contributed by atoms with Gasteiger partial charge in [0, 0.05) is 17.0 Å². The number of nitrogens with zero attached hydrogens (tertiary/aromatic N) is 3. The summed E-state index contributed by atoms with van der Waals surface area (Å²) in [4.78, 5) is 4.85. The van der Waals surface area contributed by atoms with Gasteiger partial charge in [-0.3, -0.25) is 9.67 Å². The Kier molecular flexibility index (Phi) is 2.99. The molecule has 0 spiro atoms. The van der Waals surface area contributed by atoms with Gasteiger partial charge in [0.15, 0.2) is 0 Å². The molecule has 3 heteroatoms. The summed E-state index contributed by atoms with van der Waals surface area (Å²) >= 11 is 0. The summed E-state index contributed by atoms with van der Waals surface area (Å²) in [7, 11) is 0. The molecule has 4 rings (SSSR count). The van der Waals surface area contributed by atoms with Crippen molar-refractivity contribution in [2.75, 3.05) is 0 Å². The van der Waals surface area contributed by atoms with Crippen LogP contribution in [-0.2, 0) is 6.54 Å². The van der Waals surface area contributed by atoms with Crippen molar-refractivity contribution >= 4 is 10.9 Å². The molecule has 0 saturated heterocycles. The fourth-order valence-electron chi connectivity index (χ4n) is 3.09. The van der Waals surface area contributed by atoms with E-state index in [9.17, 15) is 0 Å². The van der Waals surface area contributed by atoms with Crippen molar-refractivity contribution in [3.8, 4) is 0 Å². The molecule has 1 aromatic carbocycles. The number of fused-ring (bicyclic) bond motifs is 1. The normalized spacial score (nSPS) is 15.3. The maximum atomic E-state index is 4.85. The topological polar surface area (TPSA) is 30.7 Å². The largest absolute Gasteiger partial charge is 0.259 e. The van der Waals surface area contributed by atoms with E-state index in [0.717, 1.165) is 17.9 Å². The molecule has 21 heavy (non-hydrogen) atoms. The number of hydrogen-bond acceptors (Lipinski definition) is 2. The van der Waals surface area contributed by atoms with Crippen LogP contribution >= 0.6 is 0 Å². The smallest absolute Gasteiger partial charge is 0.0838 e. The molecule has 0 unspecified atom stereocenters. The highest BCUT2D eigenvalue weighted by atomic mass is 15.3. The number of aromatic nitrogens is 3. The minimum absolute atomic E-state index is 0.682. The van der Waals surface area contributed by atoms with Crippen LogP contribution in [0.3, 0.4) is 0 Å². The minimum atomic E-state index is 0.682. The number of para-hydroxylation sites is 1. The summed E-state index contributed by atoms with van der Waals surface area (Å²) in [6.07, 6.45) is 3.93. The molecule has 3 nitrogen and oxygen atoms in total. The summed E-state index contributed by atoms with van der Waals surface area (Å²) < 4.78 is 2.07. The van der Waals surface area contributed by atoms with Crippen LogP contribution in [0.4, 0.5) is 0 Å². The average molecular weight is 277 g/mol. The lowest BCUT2D eigenvalue weighted by Crippen LogP contribution is -2.12. The molecule has 0 aliphatic heterocycles. The Labute approximate surface area is 124 Å². The van der Waals surface area contributed by atoms with E-state index < -0.39 is 0 Å². The molecule has 106 valence electrons. The SMILES string of the molecule is Cc1nn(Cc2cccc(C3CCC3)n2)c2ccccc12. The Morgan fingerprint density at radius 1 is 1.10 bits per heavy atom. The van der Waals surface area contributed by atoms with Gasteiger partial charge >= 0.3 is 0 Å². The van der Waals surface area contributed by atoms with Gasteiger partial charge in [-0.15, -0.1) is 0 Å². The number of hydrogen-bond donors (Lipinski definition) is 0. The predicted octanol–water partition coefficient (Wildman–Crippen LogP) is 4.06. The first kappa shape index (κ1) is 12.6. The van der Waals surface area contributed by atoms with Crippen molar-refractivity contribution in [2.45, 2.75) is 38.6 Å². The Morgan fingerprint density at radius 3 is 2.76 bits per heavy atom. The highest BCUT2D eigenvalue weighted by Crippen LogP contribution is 2.35. The van der Waals surface area contributed by atoms with E-state index in [2.05, 4.69) is 59.2 Å². The van der Waals surface area contributed by atoms with E-state index in [1.807, 2.05) is 0 Å². The maximum Gasteiger partial charge on any atom is 0.0838 e. The fourth-order valence-corrected chi connectivity index (χ4v) is 3.09. The first-order chi connectivity index (χ1) is 10.3. The van der Waals surface area contributed by atoms with Gasteiger partial charge in [0.05, 0.1) is 23.4 Å². The van der Waals surface area contributed by atoms with E-state index in [1.165, 1.54) is 35.9 Å². The highest BCUT2D eigenvalue weighted by molar-refractivity contribution is 5.81. The number of benzene rings is 1. The third kappa shape index (κ3) is 2.23. The first-order valence-corrected chi connectivity index (χ1v) is 7.69. The zero-order valence-electron chi connectivity index (χ0n) is 12.3. The second-order valence-electron chi connectivity index (χ2n) is 5.94. The van der Waals surface area contributed by atoms with Crippen LogP contribution in [0.2, 0.25) is 0 Å². The second kappa shape index (κ2) is 4.99. The van der Waals surface area contributed by atoms with Crippen molar-refractivity contribution in [1.29, 1.82) is 0 Å². The summed E-state index contributed by atoms with van der Waals surface area (Å²) in [5.74, 6) is 0.682. The molecular weight excluding hydrogens is 258 g/mol. The van der Waals surface area contributed by atoms with Gasteiger partial charge in [-0.1, -0.05) is 30.7 Å². The van der Waals surface area contributed by atoms with Gasteiger partial charge in [-0.2, -0.15) is 5.10 Å². The monoisotopic (exact) mass is 277 g/mol. The number of rotatable bonds is 3. The number of pyridine rings is 1. The lowest BCUT2D eigenvalue weighted by atomic mass is 9.82. The third-order valence-corrected chi connectivity index (χ3v) is 4.51. The lowest BCUT2D eigenvalue weighted by Gasteiger charge is -2.25. The van der Waals surface area contributed by atoms with E-state index >= 15 is 0 Å². The minimum Gasteiger partial charge on any atom is -0.259 e. The van der Waals surface area contributed by atoms with Gasteiger partial charge in [-0.05, 0) is 38.0 Å². The Hall–Kier alpha value is -2.16. The molecule has 0 bridgehead atoms. The fraction of sp³-hybridized carbons (Fsp3) is 0.333. The summed E-state index contributed by atoms with van der Waals surface area (Å²) in [5, 5.41) is 5.90. The molecule has 2 heterocycles. The second-order valence-corrected chi connectivity index (χ2v) is 5.94. The van der Waals surface area contributed by atoms with Crippen LogP contribution in [0.15, 0.2) is 42.5 Å². The Morgan fingerprint density at radius 2 is 1.95 bits per heavy atom.